The Kier molecular flexibility index (Phi) is 4.00. The Morgan fingerprint density at radius 3 is 2.89 bits per heavy atom. The molecule has 98 valence electrons. The molecule has 0 aliphatic carbocycles. The topological polar surface area (TPSA) is 65.1 Å². The van der Waals surface area contributed by atoms with Crippen molar-refractivity contribution < 1.29 is 9.84 Å². The molecule has 0 aliphatic heterocycles. The zero-order valence-corrected chi connectivity index (χ0v) is 11.0. The number of aromatic nitrogens is 4. The van der Waals surface area contributed by atoms with Crippen LogP contribution in [0.5, 0.6) is 0 Å². The van der Waals surface area contributed by atoms with E-state index in [1.807, 2.05) is 7.05 Å². The Balaban J connectivity index is 2.32. The van der Waals surface area contributed by atoms with Crippen LogP contribution in [0.2, 0.25) is 5.02 Å². The molecule has 0 radical (unpaired) electrons. The first-order valence-electron chi connectivity index (χ1n) is 5.49. The predicted octanol–water partition coefficient (Wildman–Crippen LogP) is 0.998. The van der Waals surface area contributed by atoms with Crippen molar-refractivity contribution in [2.45, 2.75) is 12.6 Å². The van der Waals surface area contributed by atoms with Gasteiger partial charge in [-0.15, -0.1) is 0 Å². The number of halogens is 1. The highest BCUT2D eigenvalue weighted by molar-refractivity contribution is 6.31. The van der Waals surface area contributed by atoms with Crippen LogP contribution >= 0.6 is 11.6 Å². The molecular formula is C11H15ClN4O2. The predicted molar refractivity (Wildman–Crippen MR) is 66.4 cm³/mol. The first-order chi connectivity index (χ1) is 8.65. The zero-order chi connectivity index (χ0) is 13.1. The van der Waals surface area contributed by atoms with Gasteiger partial charge in [-0.2, -0.15) is 5.10 Å². The summed E-state index contributed by atoms with van der Waals surface area (Å²) in [6, 6.07) is 0. The summed E-state index contributed by atoms with van der Waals surface area (Å²) in [6.45, 7) is 1.04. The molecule has 2 aromatic heterocycles. The van der Waals surface area contributed by atoms with Crippen molar-refractivity contribution in [3.05, 3.63) is 35.1 Å². The third-order valence-corrected chi connectivity index (χ3v) is 3.02. The van der Waals surface area contributed by atoms with Crippen molar-refractivity contribution in [2.75, 3.05) is 13.7 Å². The van der Waals surface area contributed by atoms with Crippen LogP contribution in [0.1, 0.15) is 17.5 Å². The minimum atomic E-state index is -0.857. The number of aliphatic hydroxyl groups excluding tert-OH is 1. The number of aryl methyl sites for hydroxylation is 1. The van der Waals surface area contributed by atoms with Crippen molar-refractivity contribution in [2.24, 2.45) is 7.05 Å². The molecule has 0 spiro atoms. The van der Waals surface area contributed by atoms with Crippen LogP contribution in [0.4, 0.5) is 0 Å². The van der Waals surface area contributed by atoms with Gasteiger partial charge in [0.2, 0.25) is 0 Å². The molecule has 0 saturated heterocycles. The van der Waals surface area contributed by atoms with Crippen LogP contribution in [0.25, 0.3) is 0 Å². The van der Waals surface area contributed by atoms with Crippen molar-refractivity contribution in [1.82, 2.24) is 19.3 Å². The van der Waals surface area contributed by atoms with E-state index in [9.17, 15) is 5.11 Å². The second-order valence-electron chi connectivity index (χ2n) is 3.93. The molecule has 1 atom stereocenters. The van der Waals surface area contributed by atoms with Crippen LogP contribution in [0.3, 0.4) is 0 Å². The van der Waals surface area contributed by atoms with E-state index in [1.165, 1.54) is 6.20 Å². The summed E-state index contributed by atoms with van der Waals surface area (Å²) in [4.78, 5) is 3.98. The van der Waals surface area contributed by atoms with E-state index in [0.717, 1.165) is 0 Å². The summed E-state index contributed by atoms with van der Waals surface area (Å²) in [6.07, 6.45) is 3.90. The standard InChI is InChI=1S/C11H15ClN4O2/c1-15-7-13-6-9(15)11(17)10-8(12)5-14-16(10)3-4-18-2/h5-7,11,17H,3-4H2,1-2H3. The van der Waals surface area contributed by atoms with Gasteiger partial charge in [-0.05, 0) is 0 Å². The van der Waals surface area contributed by atoms with Gasteiger partial charge in [-0.1, -0.05) is 11.6 Å². The Morgan fingerprint density at radius 2 is 2.28 bits per heavy atom. The molecule has 1 N–H and O–H groups in total. The number of methoxy groups -OCH3 is 1. The van der Waals surface area contributed by atoms with Crippen LogP contribution in [0, 0.1) is 0 Å². The summed E-state index contributed by atoms with van der Waals surface area (Å²) in [5, 5.41) is 14.9. The Labute approximate surface area is 110 Å². The fourth-order valence-corrected chi connectivity index (χ4v) is 2.02. The molecule has 2 aromatic rings. The monoisotopic (exact) mass is 270 g/mol. The van der Waals surface area contributed by atoms with E-state index in [4.69, 9.17) is 16.3 Å². The zero-order valence-electron chi connectivity index (χ0n) is 10.2. The van der Waals surface area contributed by atoms with Gasteiger partial charge < -0.3 is 14.4 Å². The molecule has 6 nitrogen and oxygen atoms in total. The quantitative estimate of drug-likeness (QED) is 0.880. The van der Waals surface area contributed by atoms with Gasteiger partial charge in [0.1, 0.15) is 6.10 Å². The molecule has 2 heterocycles. The highest BCUT2D eigenvalue weighted by Gasteiger charge is 2.22. The molecule has 0 saturated carbocycles. The van der Waals surface area contributed by atoms with E-state index >= 15 is 0 Å². The smallest absolute Gasteiger partial charge is 0.139 e. The van der Waals surface area contributed by atoms with Crippen molar-refractivity contribution in [1.29, 1.82) is 0 Å². The lowest BCUT2D eigenvalue weighted by atomic mass is 10.2. The first kappa shape index (κ1) is 13.1. The molecule has 2 rings (SSSR count). The molecule has 1 unspecified atom stereocenters. The Hall–Kier alpha value is -1.37. The highest BCUT2D eigenvalue weighted by Crippen LogP contribution is 2.27. The largest absolute Gasteiger partial charge is 0.383 e. The molecule has 0 bridgehead atoms. The number of hydrogen-bond acceptors (Lipinski definition) is 4. The van der Waals surface area contributed by atoms with Crippen molar-refractivity contribution in [3.63, 3.8) is 0 Å². The molecule has 7 heteroatoms. The van der Waals surface area contributed by atoms with Crippen LogP contribution in [-0.4, -0.2) is 38.2 Å². The average Bonchev–Trinajstić information content (AvgIpc) is 2.92. The molecule has 0 aromatic carbocycles. The lowest BCUT2D eigenvalue weighted by molar-refractivity contribution is 0.169. The number of nitrogens with zero attached hydrogens (tertiary/aromatic N) is 4. The Morgan fingerprint density at radius 1 is 1.50 bits per heavy atom. The maximum atomic E-state index is 10.4. The maximum absolute atomic E-state index is 10.4. The third-order valence-electron chi connectivity index (χ3n) is 2.73. The van der Waals surface area contributed by atoms with Crippen LogP contribution in [0.15, 0.2) is 18.7 Å². The lowest BCUT2D eigenvalue weighted by Gasteiger charge is -2.14. The number of ether oxygens (including phenoxy) is 1. The van der Waals surface area contributed by atoms with Crippen LogP contribution in [-0.2, 0) is 18.3 Å². The number of aliphatic hydroxyl groups is 1. The fraction of sp³-hybridized carbons (Fsp3) is 0.455. The first-order valence-corrected chi connectivity index (χ1v) is 5.87. The fourth-order valence-electron chi connectivity index (χ4n) is 1.77. The SMILES string of the molecule is COCCn1ncc(Cl)c1C(O)c1cncn1C. The van der Waals surface area contributed by atoms with Gasteiger partial charge >= 0.3 is 0 Å². The summed E-state index contributed by atoms with van der Waals surface area (Å²) in [7, 11) is 3.43. The van der Waals surface area contributed by atoms with Gasteiger partial charge in [0.15, 0.2) is 0 Å². The van der Waals surface area contributed by atoms with Gasteiger partial charge in [-0.25, -0.2) is 4.98 Å². The second kappa shape index (κ2) is 5.51. The molecule has 0 amide bonds. The van der Waals surface area contributed by atoms with Gasteiger partial charge in [0, 0.05) is 14.2 Å². The molecule has 0 aliphatic rings. The summed E-state index contributed by atoms with van der Waals surface area (Å²) in [5.41, 5.74) is 1.22. The summed E-state index contributed by atoms with van der Waals surface area (Å²) in [5.74, 6) is 0. The number of rotatable bonds is 5. The van der Waals surface area contributed by atoms with Gasteiger partial charge in [0.25, 0.3) is 0 Å². The second-order valence-corrected chi connectivity index (χ2v) is 4.33. The van der Waals surface area contributed by atoms with E-state index in [2.05, 4.69) is 10.1 Å². The van der Waals surface area contributed by atoms with E-state index < -0.39 is 6.10 Å². The van der Waals surface area contributed by atoms with E-state index in [-0.39, 0.29) is 0 Å². The maximum Gasteiger partial charge on any atom is 0.139 e. The Bertz CT molecular complexity index is 523. The average molecular weight is 271 g/mol. The van der Waals surface area contributed by atoms with Crippen LogP contribution < -0.4 is 0 Å². The van der Waals surface area contributed by atoms with E-state index in [1.54, 1.807) is 28.9 Å². The summed E-state index contributed by atoms with van der Waals surface area (Å²) >= 11 is 6.07. The lowest BCUT2D eigenvalue weighted by Crippen LogP contribution is -2.15. The summed E-state index contributed by atoms with van der Waals surface area (Å²) < 4.78 is 8.39. The molecule has 18 heavy (non-hydrogen) atoms. The normalized spacial score (nSPS) is 12.9. The van der Waals surface area contributed by atoms with Crippen molar-refractivity contribution in [3.8, 4) is 0 Å². The highest BCUT2D eigenvalue weighted by atomic mass is 35.5. The molecule has 0 fully saturated rings. The number of hydrogen-bond donors (Lipinski definition) is 1. The van der Waals surface area contributed by atoms with Gasteiger partial charge in [0.05, 0.1) is 48.3 Å². The third kappa shape index (κ3) is 2.40. The minimum Gasteiger partial charge on any atom is -0.383 e. The minimum absolute atomic E-state index is 0.430. The van der Waals surface area contributed by atoms with Crippen molar-refractivity contribution >= 4 is 11.6 Å². The number of imidazole rings is 1. The van der Waals surface area contributed by atoms with E-state index in [0.29, 0.717) is 29.6 Å². The van der Waals surface area contributed by atoms with Gasteiger partial charge in [-0.3, -0.25) is 4.68 Å². The molecular weight excluding hydrogens is 256 g/mol.